The molecule has 0 unspecified atom stereocenters. The van der Waals surface area contributed by atoms with E-state index in [1.54, 1.807) is 4.68 Å². The van der Waals surface area contributed by atoms with Gasteiger partial charge in [-0.25, -0.2) is 9.48 Å². The van der Waals surface area contributed by atoms with Crippen LogP contribution in [0.5, 0.6) is 0 Å². The van der Waals surface area contributed by atoms with Gasteiger partial charge in [-0.1, -0.05) is 74.4 Å². The number of hydrogen-bond acceptors (Lipinski definition) is 3. The summed E-state index contributed by atoms with van der Waals surface area (Å²) in [6.07, 6.45) is 0. The number of urea groups is 1. The first-order valence-corrected chi connectivity index (χ1v) is 10.6. The van der Waals surface area contributed by atoms with Crippen LogP contribution in [0.1, 0.15) is 32.0 Å². The molecule has 33 heavy (non-hydrogen) atoms. The van der Waals surface area contributed by atoms with Crippen molar-refractivity contribution < 1.29 is 4.79 Å². The molecule has 2 amide bonds. The smallest absolute Gasteiger partial charge is 0.307 e. The van der Waals surface area contributed by atoms with E-state index in [2.05, 4.69) is 41.4 Å². The van der Waals surface area contributed by atoms with E-state index in [4.69, 9.17) is 10.6 Å². The molecular formula is C25H25N7O. The van der Waals surface area contributed by atoms with Crippen LogP contribution in [0.25, 0.3) is 26.9 Å². The minimum Gasteiger partial charge on any atom is -0.307 e. The van der Waals surface area contributed by atoms with Crippen LogP contribution in [-0.2, 0) is 12.0 Å². The summed E-state index contributed by atoms with van der Waals surface area (Å²) in [5, 5.41) is 16.3. The second-order valence-electron chi connectivity index (χ2n) is 8.74. The van der Waals surface area contributed by atoms with Gasteiger partial charge in [-0.15, -0.1) is 0 Å². The summed E-state index contributed by atoms with van der Waals surface area (Å²) in [5.74, 6) is 0.540. The van der Waals surface area contributed by atoms with E-state index in [1.165, 1.54) is 0 Å². The topological polar surface area (TPSA) is 108 Å². The molecule has 0 radical (unpaired) electrons. The number of azide groups is 1. The highest BCUT2D eigenvalue weighted by molar-refractivity contribution is 6.06. The predicted octanol–water partition coefficient (Wildman–Crippen LogP) is 6.78. The van der Waals surface area contributed by atoms with Gasteiger partial charge in [0.15, 0.2) is 0 Å². The maximum Gasteiger partial charge on any atom is 0.324 e. The van der Waals surface area contributed by atoms with Crippen LogP contribution in [0, 0.1) is 0 Å². The van der Waals surface area contributed by atoms with Gasteiger partial charge in [-0.2, -0.15) is 5.10 Å². The molecule has 1 aromatic heterocycles. The fourth-order valence-electron chi connectivity index (χ4n) is 3.54. The fourth-order valence-corrected chi connectivity index (χ4v) is 3.54. The van der Waals surface area contributed by atoms with Crippen LogP contribution in [0.4, 0.5) is 16.3 Å². The third-order valence-electron chi connectivity index (χ3n) is 5.23. The van der Waals surface area contributed by atoms with Gasteiger partial charge in [0, 0.05) is 21.8 Å². The molecule has 8 heteroatoms. The normalized spacial score (nSPS) is 11.1. The lowest BCUT2D eigenvalue weighted by atomic mass is 9.92. The van der Waals surface area contributed by atoms with Gasteiger partial charge in [-0.05, 0) is 34.7 Å². The van der Waals surface area contributed by atoms with Crippen molar-refractivity contribution in [3.05, 3.63) is 94.5 Å². The van der Waals surface area contributed by atoms with Crippen molar-refractivity contribution in [3.63, 3.8) is 0 Å². The van der Waals surface area contributed by atoms with E-state index in [1.807, 2.05) is 72.8 Å². The molecule has 0 fully saturated rings. The number of nitrogens with one attached hydrogen (secondary N) is 2. The van der Waals surface area contributed by atoms with Crippen molar-refractivity contribution in [3.8, 4) is 5.69 Å². The molecule has 166 valence electrons. The Balaban J connectivity index is 1.66. The highest BCUT2D eigenvalue weighted by Crippen LogP contribution is 2.28. The minimum atomic E-state index is -0.363. The van der Waals surface area contributed by atoms with Crippen molar-refractivity contribution in [2.45, 2.75) is 32.7 Å². The Bertz CT molecular complexity index is 1360. The number of fused-ring (bicyclic) bond motifs is 1. The summed E-state index contributed by atoms with van der Waals surface area (Å²) < 4.78 is 1.70. The predicted molar refractivity (Wildman–Crippen MR) is 132 cm³/mol. The van der Waals surface area contributed by atoms with Gasteiger partial charge in [0.1, 0.15) is 5.82 Å². The number of rotatable bonds is 5. The average Bonchev–Trinajstić information content (AvgIpc) is 3.22. The first-order chi connectivity index (χ1) is 15.8. The summed E-state index contributed by atoms with van der Waals surface area (Å²) >= 11 is 0. The maximum absolute atomic E-state index is 13.0. The molecule has 0 bridgehead atoms. The van der Waals surface area contributed by atoms with E-state index in [-0.39, 0.29) is 18.0 Å². The third kappa shape index (κ3) is 4.97. The Morgan fingerprint density at radius 3 is 2.58 bits per heavy atom. The molecule has 4 aromatic rings. The summed E-state index contributed by atoms with van der Waals surface area (Å²) in [5.41, 5.74) is 11.6. The number of carbonyl (C=O) groups is 1. The van der Waals surface area contributed by atoms with Crippen molar-refractivity contribution in [1.82, 2.24) is 9.78 Å². The van der Waals surface area contributed by atoms with Crippen molar-refractivity contribution in [2.24, 2.45) is 5.11 Å². The summed E-state index contributed by atoms with van der Waals surface area (Å²) in [4.78, 5) is 15.8. The number of hydrogen-bond donors (Lipinski definition) is 2. The zero-order valence-electron chi connectivity index (χ0n) is 18.8. The molecule has 3 aromatic carbocycles. The van der Waals surface area contributed by atoms with Crippen molar-refractivity contribution in [1.29, 1.82) is 0 Å². The Morgan fingerprint density at radius 1 is 1.03 bits per heavy atom. The van der Waals surface area contributed by atoms with Crippen LogP contribution < -0.4 is 10.6 Å². The lowest BCUT2D eigenvalue weighted by Gasteiger charge is -2.14. The van der Waals surface area contributed by atoms with E-state index in [9.17, 15) is 4.79 Å². The molecule has 0 saturated heterocycles. The lowest BCUT2D eigenvalue weighted by molar-refractivity contribution is 0.262. The highest BCUT2D eigenvalue weighted by Gasteiger charge is 2.22. The summed E-state index contributed by atoms with van der Waals surface area (Å²) in [6, 6.07) is 22.7. The van der Waals surface area contributed by atoms with Crippen LogP contribution in [-0.4, -0.2) is 15.8 Å². The molecule has 2 N–H and O–H groups in total. The summed E-state index contributed by atoms with van der Waals surface area (Å²) in [7, 11) is 0. The second kappa shape index (κ2) is 9.06. The van der Waals surface area contributed by atoms with Crippen molar-refractivity contribution >= 4 is 28.3 Å². The number of amides is 2. The fraction of sp³-hybridized carbons (Fsp3) is 0.200. The van der Waals surface area contributed by atoms with Crippen LogP contribution in [0.3, 0.4) is 0 Å². The number of benzene rings is 3. The first kappa shape index (κ1) is 21.9. The number of anilines is 2. The molecule has 4 rings (SSSR count). The van der Waals surface area contributed by atoms with Gasteiger partial charge in [0.2, 0.25) is 0 Å². The standard InChI is InChI=1S/C25H25N7O/c1-25(2,3)22-15-23(32(30-22)19-11-6-8-17(14-19)16-27-31-26)29-24(33)28-21-13-7-10-18-9-4-5-12-20(18)21/h4-15H,16H2,1-3H3,(H2,28,29,33). The number of nitrogens with zero attached hydrogens (tertiary/aromatic N) is 5. The van der Waals surface area contributed by atoms with Crippen LogP contribution in [0.15, 0.2) is 77.9 Å². The van der Waals surface area contributed by atoms with Crippen LogP contribution >= 0.6 is 0 Å². The second-order valence-corrected chi connectivity index (χ2v) is 8.74. The summed E-state index contributed by atoms with van der Waals surface area (Å²) in [6.45, 7) is 6.44. The zero-order valence-corrected chi connectivity index (χ0v) is 18.8. The quantitative estimate of drug-likeness (QED) is 0.203. The van der Waals surface area contributed by atoms with Gasteiger partial charge >= 0.3 is 6.03 Å². The first-order valence-electron chi connectivity index (χ1n) is 10.6. The van der Waals surface area contributed by atoms with E-state index in [0.29, 0.717) is 5.82 Å². The third-order valence-corrected chi connectivity index (χ3v) is 5.23. The molecular weight excluding hydrogens is 414 g/mol. The largest absolute Gasteiger partial charge is 0.324 e. The maximum atomic E-state index is 13.0. The van der Waals surface area contributed by atoms with Gasteiger partial charge < -0.3 is 5.32 Å². The molecule has 0 saturated carbocycles. The van der Waals surface area contributed by atoms with Gasteiger partial charge in [0.25, 0.3) is 0 Å². The molecule has 0 atom stereocenters. The zero-order chi connectivity index (χ0) is 23.4. The molecule has 0 aliphatic rings. The SMILES string of the molecule is CC(C)(C)c1cc(NC(=O)Nc2cccc3ccccc23)n(-c2cccc(CN=[N+]=[N-])c2)n1. The van der Waals surface area contributed by atoms with E-state index in [0.717, 1.165) is 33.4 Å². The molecule has 0 aliphatic heterocycles. The number of aromatic nitrogens is 2. The minimum absolute atomic E-state index is 0.212. The lowest BCUT2D eigenvalue weighted by Crippen LogP contribution is -2.21. The van der Waals surface area contributed by atoms with E-state index >= 15 is 0 Å². The number of carbonyl (C=O) groups excluding carboxylic acids is 1. The molecule has 8 nitrogen and oxygen atoms in total. The highest BCUT2D eigenvalue weighted by atomic mass is 16.2. The molecule has 0 aliphatic carbocycles. The Kier molecular flexibility index (Phi) is 6.02. The monoisotopic (exact) mass is 439 g/mol. The van der Waals surface area contributed by atoms with Gasteiger partial charge in [-0.3, -0.25) is 5.32 Å². The van der Waals surface area contributed by atoms with Crippen molar-refractivity contribution in [2.75, 3.05) is 10.6 Å². The van der Waals surface area contributed by atoms with Crippen LogP contribution in [0.2, 0.25) is 0 Å². The van der Waals surface area contributed by atoms with Gasteiger partial charge in [0.05, 0.1) is 23.6 Å². The Labute approximate surface area is 191 Å². The average molecular weight is 440 g/mol. The molecule has 0 spiro atoms. The Hall–Kier alpha value is -4.29. The van der Waals surface area contributed by atoms with E-state index < -0.39 is 0 Å². The Morgan fingerprint density at radius 2 is 1.79 bits per heavy atom. The molecule has 1 heterocycles.